The normalized spacial score (nSPS) is 12.8. The van der Waals surface area contributed by atoms with E-state index in [4.69, 9.17) is 4.74 Å². The molecule has 1 N–H and O–H groups in total. The van der Waals surface area contributed by atoms with Crippen molar-refractivity contribution < 1.29 is 4.74 Å². The van der Waals surface area contributed by atoms with Crippen molar-refractivity contribution in [3.63, 3.8) is 0 Å². The second-order valence-electron chi connectivity index (χ2n) is 4.11. The maximum Gasteiger partial charge on any atom is 0.119 e. The Morgan fingerprint density at radius 3 is 2.31 bits per heavy atom. The molecular weight excluding hydrogens is 200 g/mol. The first-order valence-electron chi connectivity index (χ1n) is 5.72. The Morgan fingerprint density at radius 2 is 1.88 bits per heavy atom. The molecule has 16 heavy (non-hydrogen) atoms. The summed E-state index contributed by atoms with van der Waals surface area (Å²) in [5.74, 6) is 0.936. The molecule has 1 unspecified atom stereocenters. The van der Waals surface area contributed by atoms with E-state index in [0.717, 1.165) is 12.3 Å². The van der Waals surface area contributed by atoms with E-state index >= 15 is 0 Å². The average Bonchev–Trinajstić information content (AvgIpc) is 2.27. The zero-order valence-corrected chi connectivity index (χ0v) is 10.7. The molecule has 1 aromatic carbocycles. The molecule has 0 saturated heterocycles. The largest absolute Gasteiger partial charge is 0.494 e. The minimum Gasteiger partial charge on any atom is -0.494 e. The molecule has 3 nitrogen and oxygen atoms in total. The molecule has 0 saturated carbocycles. The van der Waals surface area contributed by atoms with Crippen LogP contribution < -0.4 is 10.1 Å². The second-order valence-corrected chi connectivity index (χ2v) is 4.11. The van der Waals surface area contributed by atoms with Crippen LogP contribution in [0.3, 0.4) is 0 Å². The first-order valence-corrected chi connectivity index (χ1v) is 5.72. The molecule has 0 spiro atoms. The maximum absolute atomic E-state index is 5.42. The molecule has 3 heteroatoms. The zero-order valence-electron chi connectivity index (χ0n) is 10.7. The molecular formula is C13H22N2O. The van der Waals surface area contributed by atoms with Gasteiger partial charge in [0.1, 0.15) is 5.75 Å². The van der Waals surface area contributed by atoms with E-state index in [1.807, 2.05) is 26.1 Å². The van der Waals surface area contributed by atoms with Gasteiger partial charge in [0.25, 0.3) is 0 Å². The summed E-state index contributed by atoms with van der Waals surface area (Å²) in [5, 5.41) is 3.32. The average molecular weight is 222 g/mol. The van der Waals surface area contributed by atoms with Crippen LogP contribution in [0.5, 0.6) is 5.75 Å². The molecule has 0 aliphatic carbocycles. The fraction of sp³-hybridized carbons (Fsp3) is 0.538. The van der Waals surface area contributed by atoms with E-state index in [0.29, 0.717) is 12.6 Å². The predicted molar refractivity (Wildman–Crippen MR) is 68.0 cm³/mol. The van der Waals surface area contributed by atoms with Crippen molar-refractivity contribution in [1.29, 1.82) is 0 Å². The SMILES string of the molecule is CCOc1ccc(C(CN(C)C)NC)cc1. The van der Waals surface area contributed by atoms with Crippen LogP contribution in [0.1, 0.15) is 18.5 Å². The van der Waals surface area contributed by atoms with Gasteiger partial charge in [0.2, 0.25) is 0 Å². The lowest BCUT2D eigenvalue weighted by Gasteiger charge is -2.21. The fourth-order valence-electron chi connectivity index (χ4n) is 1.69. The van der Waals surface area contributed by atoms with Gasteiger partial charge in [-0.05, 0) is 45.8 Å². The monoisotopic (exact) mass is 222 g/mol. The van der Waals surface area contributed by atoms with E-state index in [2.05, 4.69) is 36.4 Å². The molecule has 0 aliphatic heterocycles. The molecule has 90 valence electrons. The first kappa shape index (κ1) is 13.0. The van der Waals surface area contributed by atoms with Crippen molar-refractivity contribution >= 4 is 0 Å². The Balaban J connectivity index is 2.70. The van der Waals surface area contributed by atoms with Crippen LogP contribution in [-0.2, 0) is 0 Å². The lowest BCUT2D eigenvalue weighted by molar-refractivity contribution is 0.338. The van der Waals surface area contributed by atoms with Gasteiger partial charge in [-0.25, -0.2) is 0 Å². The molecule has 0 heterocycles. The van der Waals surface area contributed by atoms with Gasteiger partial charge in [0.15, 0.2) is 0 Å². The summed E-state index contributed by atoms with van der Waals surface area (Å²) in [4.78, 5) is 2.18. The molecule has 0 fully saturated rings. The molecule has 1 atom stereocenters. The van der Waals surface area contributed by atoms with Gasteiger partial charge in [-0.3, -0.25) is 0 Å². The number of hydrogen-bond donors (Lipinski definition) is 1. The molecule has 0 bridgehead atoms. The van der Waals surface area contributed by atoms with Crippen LogP contribution in [-0.4, -0.2) is 39.2 Å². The Labute approximate surface area is 98.4 Å². The van der Waals surface area contributed by atoms with Gasteiger partial charge in [0.05, 0.1) is 6.61 Å². The lowest BCUT2D eigenvalue weighted by Crippen LogP contribution is -2.28. The summed E-state index contributed by atoms with van der Waals surface area (Å²) >= 11 is 0. The lowest BCUT2D eigenvalue weighted by atomic mass is 10.1. The van der Waals surface area contributed by atoms with Gasteiger partial charge in [0, 0.05) is 12.6 Å². The van der Waals surface area contributed by atoms with Crippen LogP contribution >= 0.6 is 0 Å². The van der Waals surface area contributed by atoms with Gasteiger partial charge in [-0.1, -0.05) is 12.1 Å². The van der Waals surface area contributed by atoms with Crippen molar-refractivity contribution in [3.05, 3.63) is 29.8 Å². The highest BCUT2D eigenvalue weighted by Gasteiger charge is 2.09. The summed E-state index contributed by atoms with van der Waals surface area (Å²) in [6, 6.07) is 8.66. The number of likely N-dealkylation sites (N-methyl/N-ethyl adjacent to an activating group) is 2. The van der Waals surface area contributed by atoms with Crippen molar-refractivity contribution in [2.24, 2.45) is 0 Å². The molecule has 1 rings (SSSR count). The fourth-order valence-corrected chi connectivity index (χ4v) is 1.69. The smallest absolute Gasteiger partial charge is 0.119 e. The summed E-state index contributed by atoms with van der Waals surface area (Å²) < 4.78 is 5.42. The summed E-state index contributed by atoms with van der Waals surface area (Å²) in [6.45, 7) is 3.70. The third-order valence-electron chi connectivity index (χ3n) is 2.49. The maximum atomic E-state index is 5.42. The highest BCUT2D eigenvalue weighted by atomic mass is 16.5. The van der Waals surface area contributed by atoms with Crippen LogP contribution in [0.15, 0.2) is 24.3 Å². The Hall–Kier alpha value is -1.06. The van der Waals surface area contributed by atoms with Crippen LogP contribution in [0.4, 0.5) is 0 Å². The van der Waals surface area contributed by atoms with Gasteiger partial charge in [-0.2, -0.15) is 0 Å². The highest BCUT2D eigenvalue weighted by Crippen LogP contribution is 2.18. The Morgan fingerprint density at radius 1 is 1.25 bits per heavy atom. The highest BCUT2D eigenvalue weighted by molar-refractivity contribution is 5.29. The third kappa shape index (κ3) is 3.83. The Kier molecular flexibility index (Phi) is 5.29. The van der Waals surface area contributed by atoms with Crippen LogP contribution in [0.25, 0.3) is 0 Å². The number of benzene rings is 1. The van der Waals surface area contributed by atoms with Gasteiger partial charge >= 0.3 is 0 Å². The van der Waals surface area contributed by atoms with E-state index in [1.165, 1.54) is 5.56 Å². The van der Waals surface area contributed by atoms with Crippen molar-refractivity contribution in [1.82, 2.24) is 10.2 Å². The van der Waals surface area contributed by atoms with E-state index < -0.39 is 0 Å². The number of rotatable bonds is 6. The summed E-state index contributed by atoms with van der Waals surface area (Å²) in [5.41, 5.74) is 1.29. The molecule has 0 aromatic heterocycles. The van der Waals surface area contributed by atoms with Crippen LogP contribution in [0, 0.1) is 0 Å². The van der Waals surface area contributed by atoms with E-state index in [1.54, 1.807) is 0 Å². The molecule has 0 amide bonds. The van der Waals surface area contributed by atoms with Gasteiger partial charge < -0.3 is 15.0 Å². The predicted octanol–water partition coefficient (Wildman–Crippen LogP) is 1.91. The van der Waals surface area contributed by atoms with Gasteiger partial charge in [-0.15, -0.1) is 0 Å². The minimum atomic E-state index is 0.366. The standard InChI is InChI=1S/C13H22N2O/c1-5-16-12-8-6-11(7-9-12)13(14-2)10-15(3)4/h6-9,13-14H,5,10H2,1-4H3. The zero-order chi connectivity index (χ0) is 12.0. The van der Waals surface area contributed by atoms with Crippen molar-refractivity contribution in [2.45, 2.75) is 13.0 Å². The number of hydrogen-bond acceptors (Lipinski definition) is 3. The van der Waals surface area contributed by atoms with Crippen LogP contribution in [0.2, 0.25) is 0 Å². The first-order chi connectivity index (χ1) is 7.67. The third-order valence-corrected chi connectivity index (χ3v) is 2.49. The molecule has 0 aliphatic rings. The van der Waals surface area contributed by atoms with Crippen molar-refractivity contribution in [2.75, 3.05) is 34.3 Å². The number of ether oxygens (including phenoxy) is 1. The Bertz CT molecular complexity index is 295. The summed E-state index contributed by atoms with van der Waals surface area (Å²) in [7, 11) is 6.16. The quantitative estimate of drug-likeness (QED) is 0.795. The number of nitrogens with one attached hydrogen (secondary N) is 1. The van der Waals surface area contributed by atoms with Crippen molar-refractivity contribution in [3.8, 4) is 5.75 Å². The topological polar surface area (TPSA) is 24.5 Å². The van der Waals surface area contributed by atoms with E-state index in [9.17, 15) is 0 Å². The molecule has 0 radical (unpaired) electrons. The second kappa shape index (κ2) is 6.51. The summed E-state index contributed by atoms with van der Waals surface area (Å²) in [6.07, 6.45) is 0. The number of nitrogens with zero attached hydrogens (tertiary/aromatic N) is 1. The minimum absolute atomic E-state index is 0.366. The van der Waals surface area contributed by atoms with E-state index in [-0.39, 0.29) is 0 Å². The molecule has 1 aromatic rings.